The first-order valence-electron chi connectivity index (χ1n) is 23.2. The van der Waals surface area contributed by atoms with E-state index in [2.05, 4.69) is 36.9 Å². The number of carbonyl (C=O) groups is 2. The standard InChI is InChI=1S/C29H25F3N4O3.C25H24F3N3O3/c30-29(31,32)22-11-14-27(34-18-22)38-25-12-9-21(10-13-25)26-20-35(19-23-6-4-5-15-33-23)16-17-36(26)28(37)39-24-7-2-1-3-8-24;26-25(27,28)20-8-11-23(29-16-20)34-21-9-6-19(7-10-21)22-17-30(14-15-31(22)24(32)33)13-12-18-4-2-1-3-5-18/h1-15,18,26H,16-17,19-20H2;1-11,16,22H,12-15,17H2,(H,32,33). The highest BCUT2D eigenvalue weighted by atomic mass is 19.4. The number of hydrogen-bond donors (Lipinski definition) is 1. The molecule has 2 aliphatic heterocycles. The summed E-state index contributed by atoms with van der Waals surface area (Å²) in [6.07, 6.45) is -6.25. The molecular formula is C54H49F6N7O6. The normalized spacial score (nSPS) is 16.5. The lowest BCUT2D eigenvalue weighted by Gasteiger charge is -2.40. The van der Waals surface area contributed by atoms with Gasteiger partial charge in [-0.15, -0.1) is 0 Å². The maximum Gasteiger partial charge on any atom is 0.417 e. The van der Waals surface area contributed by atoms with E-state index in [-0.39, 0.29) is 23.8 Å². The highest BCUT2D eigenvalue weighted by molar-refractivity contribution is 5.71. The van der Waals surface area contributed by atoms with E-state index in [1.54, 1.807) is 71.8 Å². The Bertz CT molecular complexity index is 2850. The highest BCUT2D eigenvalue weighted by Crippen LogP contribution is 2.34. The maximum atomic E-state index is 13.2. The first kappa shape index (κ1) is 51.3. The van der Waals surface area contributed by atoms with Crippen LogP contribution in [0.1, 0.15) is 45.6 Å². The Morgan fingerprint density at radius 2 is 1.05 bits per heavy atom. The van der Waals surface area contributed by atoms with Crippen LogP contribution in [0.4, 0.5) is 35.9 Å². The molecule has 0 bridgehead atoms. The van der Waals surface area contributed by atoms with Crippen molar-refractivity contribution >= 4 is 12.2 Å². The van der Waals surface area contributed by atoms with Crippen LogP contribution in [0.15, 0.2) is 170 Å². The Morgan fingerprint density at radius 1 is 0.548 bits per heavy atom. The van der Waals surface area contributed by atoms with E-state index in [1.165, 1.54) is 16.5 Å². The van der Waals surface area contributed by atoms with Crippen molar-refractivity contribution in [3.63, 3.8) is 0 Å². The van der Waals surface area contributed by atoms with E-state index in [0.29, 0.717) is 63.1 Å². The molecule has 19 heteroatoms. The molecule has 5 heterocycles. The Labute approximate surface area is 416 Å². The summed E-state index contributed by atoms with van der Waals surface area (Å²) in [7, 11) is 0. The lowest BCUT2D eigenvalue weighted by Crippen LogP contribution is -2.51. The fourth-order valence-electron chi connectivity index (χ4n) is 8.32. The SMILES string of the molecule is O=C(O)N1CCN(CCc2ccccc2)CC1c1ccc(Oc2ccc(C(F)(F)F)cn2)cc1.O=C(Oc1ccccc1)N1CCN(Cc2ccccn2)CC1c1ccc(Oc2ccc(C(F)(F)F)cn2)cc1. The number of nitrogens with zero attached hydrogens (tertiary/aromatic N) is 7. The van der Waals surface area contributed by atoms with Gasteiger partial charge in [-0.05, 0) is 83.8 Å². The number of benzene rings is 4. The summed E-state index contributed by atoms with van der Waals surface area (Å²) in [4.78, 5) is 44.5. The van der Waals surface area contributed by atoms with Crippen LogP contribution in [0.3, 0.4) is 0 Å². The third-order valence-corrected chi connectivity index (χ3v) is 12.1. The fraction of sp³-hybridized carbons (Fsp3) is 0.241. The zero-order valence-corrected chi connectivity index (χ0v) is 39.1. The molecule has 2 saturated heterocycles. The van der Waals surface area contributed by atoms with Gasteiger partial charge in [0.15, 0.2) is 0 Å². The van der Waals surface area contributed by atoms with Crippen LogP contribution in [0, 0.1) is 0 Å². The molecule has 3 aromatic heterocycles. The smallest absolute Gasteiger partial charge is 0.417 e. The van der Waals surface area contributed by atoms with Crippen molar-refractivity contribution < 1.29 is 55.2 Å². The van der Waals surface area contributed by atoms with Gasteiger partial charge in [-0.3, -0.25) is 24.6 Å². The number of amides is 2. The Kier molecular flexibility index (Phi) is 16.5. The number of ether oxygens (including phenoxy) is 3. The summed E-state index contributed by atoms with van der Waals surface area (Å²) >= 11 is 0. The Balaban J connectivity index is 0.000000197. The van der Waals surface area contributed by atoms with Crippen molar-refractivity contribution in [2.75, 3.05) is 45.8 Å². The second kappa shape index (κ2) is 23.5. The molecule has 2 amide bonds. The van der Waals surface area contributed by atoms with Crippen molar-refractivity contribution in [3.8, 4) is 29.0 Å². The molecular weight excluding hydrogens is 957 g/mol. The van der Waals surface area contributed by atoms with Crippen molar-refractivity contribution in [1.82, 2.24) is 34.6 Å². The summed E-state index contributed by atoms with van der Waals surface area (Å²) in [6.45, 7) is 4.77. The number of carboxylic acid groups (broad SMARTS) is 1. The van der Waals surface area contributed by atoms with Crippen LogP contribution >= 0.6 is 0 Å². The zero-order chi connectivity index (χ0) is 51.4. The van der Waals surface area contributed by atoms with Crippen molar-refractivity contribution in [1.29, 1.82) is 0 Å². The first-order valence-corrected chi connectivity index (χ1v) is 23.2. The Hall–Kier alpha value is -8.03. The van der Waals surface area contributed by atoms with E-state index < -0.39 is 35.7 Å². The van der Waals surface area contributed by atoms with Gasteiger partial charge in [0, 0.05) is 83.1 Å². The summed E-state index contributed by atoms with van der Waals surface area (Å²) in [5, 5.41) is 9.69. The minimum absolute atomic E-state index is 0.0395. The second-order valence-corrected chi connectivity index (χ2v) is 17.1. The maximum absolute atomic E-state index is 13.2. The van der Waals surface area contributed by atoms with Crippen molar-refractivity contribution in [2.45, 2.75) is 37.4 Å². The number of halogens is 6. The number of alkyl halides is 6. The molecule has 4 aromatic carbocycles. The minimum Gasteiger partial charge on any atom is -0.465 e. The van der Waals surface area contributed by atoms with E-state index in [1.807, 2.05) is 54.6 Å². The number of hydrogen-bond acceptors (Lipinski definition) is 10. The van der Waals surface area contributed by atoms with Gasteiger partial charge in [0.05, 0.1) is 28.9 Å². The minimum atomic E-state index is -4.47. The summed E-state index contributed by atoms with van der Waals surface area (Å²) < 4.78 is 93.3. The van der Waals surface area contributed by atoms with Crippen LogP contribution in [-0.4, -0.2) is 97.7 Å². The van der Waals surface area contributed by atoms with Crippen LogP contribution in [-0.2, 0) is 25.3 Å². The molecule has 2 atom stereocenters. The predicted octanol–water partition coefficient (Wildman–Crippen LogP) is 11.8. The number of pyridine rings is 3. The number of aromatic nitrogens is 3. The van der Waals surface area contributed by atoms with Crippen molar-refractivity contribution in [2.24, 2.45) is 0 Å². The number of carbonyl (C=O) groups excluding carboxylic acids is 1. The summed E-state index contributed by atoms with van der Waals surface area (Å²) in [5.41, 5.74) is 2.15. The molecule has 378 valence electrons. The van der Waals surface area contributed by atoms with E-state index in [9.17, 15) is 41.0 Å². The van der Waals surface area contributed by atoms with Gasteiger partial charge < -0.3 is 19.3 Å². The number of para-hydroxylation sites is 1. The molecule has 13 nitrogen and oxygen atoms in total. The fourth-order valence-corrected chi connectivity index (χ4v) is 8.32. The monoisotopic (exact) mass is 1010 g/mol. The molecule has 2 unspecified atom stereocenters. The van der Waals surface area contributed by atoms with E-state index >= 15 is 0 Å². The second-order valence-electron chi connectivity index (χ2n) is 17.1. The van der Waals surface area contributed by atoms with Crippen LogP contribution in [0.5, 0.6) is 29.0 Å². The topological polar surface area (TPSA) is 134 Å². The third-order valence-electron chi connectivity index (χ3n) is 12.1. The van der Waals surface area contributed by atoms with Gasteiger partial charge in [-0.2, -0.15) is 26.3 Å². The zero-order valence-electron chi connectivity index (χ0n) is 39.1. The molecule has 73 heavy (non-hydrogen) atoms. The molecule has 0 radical (unpaired) electrons. The lowest BCUT2D eigenvalue weighted by molar-refractivity contribution is -0.138. The molecule has 0 aliphatic carbocycles. The largest absolute Gasteiger partial charge is 0.465 e. The van der Waals surface area contributed by atoms with Crippen LogP contribution in [0.25, 0.3) is 0 Å². The van der Waals surface area contributed by atoms with Gasteiger partial charge in [-0.1, -0.05) is 78.9 Å². The predicted molar refractivity (Wildman–Crippen MR) is 257 cm³/mol. The van der Waals surface area contributed by atoms with Gasteiger partial charge in [0.2, 0.25) is 11.8 Å². The molecule has 0 saturated carbocycles. The van der Waals surface area contributed by atoms with Crippen LogP contribution in [0.2, 0.25) is 0 Å². The van der Waals surface area contributed by atoms with Crippen LogP contribution < -0.4 is 14.2 Å². The van der Waals surface area contributed by atoms with Crippen molar-refractivity contribution in [3.05, 3.63) is 204 Å². The first-order chi connectivity index (χ1) is 35.1. The van der Waals surface area contributed by atoms with E-state index in [0.717, 1.165) is 60.4 Å². The third kappa shape index (κ3) is 14.3. The quantitative estimate of drug-likeness (QED) is 0.117. The van der Waals surface area contributed by atoms with E-state index in [4.69, 9.17) is 14.2 Å². The Morgan fingerprint density at radius 3 is 1.56 bits per heavy atom. The number of rotatable bonds is 12. The average molecular weight is 1010 g/mol. The molecule has 0 spiro atoms. The van der Waals surface area contributed by atoms with Gasteiger partial charge in [0.25, 0.3) is 0 Å². The summed E-state index contributed by atoms with van der Waals surface area (Å²) in [6, 6.07) is 42.3. The highest BCUT2D eigenvalue weighted by Gasteiger charge is 2.35. The van der Waals surface area contributed by atoms with Gasteiger partial charge >= 0.3 is 24.5 Å². The molecule has 2 aliphatic rings. The molecule has 1 N–H and O–H groups in total. The molecule has 2 fully saturated rings. The average Bonchev–Trinajstić information content (AvgIpc) is 3.39. The number of piperazine rings is 2. The molecule has 9 rings (SSSR count). The van der Waals surface area contributed by atoms with Gasteiger partial charge in [-0.25, -0.2) is 19.6 Å². The lowest BCUT2D eigenvalue weighted by atomic mass is 10.0. The molecule has 7 aromatic rings. The van der Waals surface area contributed by atoms with Gasteiger partial charge in [0.1, 0.15) is 17.2 Å². The summed E-state index contributed by atoms with van der Waals surface area (Å²) in [5.74, 6) is 1.35.